The van der Waals surface area contributed by atoms with E-state index in [1.165, 1.54) is 4.57 Å². The Labute approximate surface area is 205 Å². The zero-order valence-electron chi connectivity index (χ0n) is 19.7. The van der Waals surface area contributed by atoms with Crippen molar-refractivity contribution in [3.8, 4) is 22.7 Å². The number of nitrogens with one attached hydrogen (secondary N) is 1. The Bertz CT molecular complexity index is 1520. The highest BCUT2D eigenvalue weighted by Gasteiger charge is 2.36. The van der Waals surface area contributed by atoms with E-state index in [4.69, 9.17) is 17.0 Å². The quantitative estimate of drug-likeness (QED) is 0.313. The highest BCUT2D eigenvalue weighted by molar-refractivity contribution is 7.71. The number of hydrogen-bond donors (Lipinski definition) is 1. The van der Waals surface area contributed by atoms with Crippen LogP contribution in [0.1, 0.15) is 38.8 Å². The van der Waals surface area contributed by atoms with Crippen LogP contribution in [0.3, 0.4) is 0 Å². The summed E-state index contributed by atoms with van der Waals surface area (Å²) in [6, 6.07) is 14.9. The second-order valence-corrected chi connectivity index (χ2v) is 9.46. The first-order valence-corrected chi connectivity index (χ1v) is 11.4. The lowest BCUT2D eigenvalue weighted by atomic mass is 9.86. The molecule has 0 radical (unpaired) electrons. The van der Waals surface area contributed by atoms with Gasteiger partial charge in [-0.25, -0.2) is 4.98 Å². The molecule has 0 aliphatic carbocycles. The average molecular weight is 500 g/mol. The fourth-order valence-electron chi connectivity index (χ4n) is 3.88. The van der Waals surface area contributed by atoms with Gasteiger partial charge in [0.15, 0.2) is 10.4 Å². The monoisotopic (exact) mass is 499 g/mol. The summed E-state index contributed by atoms with van der Waals surface area (Å²) < 4.78 is 49.5. The van der Waals surface area contributed by atoms with E-state index in [9.17, 15) is 18.0 Å². The molecule has 2 aromatic carbocycles. The number of benzene rings is 2. The molecule has 0 saturated heterocycles. The molecular formula is C26H24F3N3O2S. The predicted molar refractivity (Wildman–Crippen MR) is 133 cm³/mol. The fraction of sp³-hybridized carbons (Fsp3) is 0.269. The summed E-state index contributed by atoms with van der Waals surface area (Å²) in [6.07, 6.45) is -4.80. The van der Waals surface area contributed by atoms with Gasteiger partial charge in [-0.1, -0.05) is 57.2 Å². The second-order valence-electron chi connectivity index (χ2n) is 9.07. The van der Waals surface area contributed by atoms with Gasteiger partial charge < -0.3 is 4.74 Å². The number of para-hydroxylation sites is 2. The van der Waals surface area contributed by atoms with E-state index in [2.05, 4.69) is 9.97 Å². The highest BCUT2D eigenvalue weighted by Crippen LogP contribution is 2.37. The smallest absolute Gasteiger partial charge is 0.417 e. The number of H-pyrrole nitrogens is 1. The van der Waals surface area contributed by atoms with Gasteiger partial charge in [-0.15, -0.1) is 0 Å². The van der Waals surface area contributed by atoms with Gasteiger partial charge in [-0.2, -0.15) is 13.2 Å². The largest absolute Gasteiger partial charge is 0.492 e. The summed E-state index contributed by atoms with van der Waals surface area (Å²) in [5.74, 6) is 0.398. The lowest BCUT2D eigenvalue weighted by molar-refractivity contribution is -0.136. The number of rotatable bonds is 4. The summed E-state index contributed by atoms with van der Waals surface area (Å²) in [7, 11) is 0. The topological polar surface area (TPSA) is 59.9 Å². The van der Waals surface area contributed by atoms with E-state index in [1.54, 1.807) is 43.3 Å². The molecule has 0 unspecified atom stereocenters. The van der Waals surface area contributed by atoms with Crippen molar-refractivity contribution in [3.63, 3.8) is 0 Å². The molecule has 4 aromatic rings. The molecule has 0 aliphatic rings. The predicted octanol–water partition coefficient (Wildman–Crippen LogP) is 6.83. The van der Waals surface area contributed by atoms with E-state index >= 15 is 0 Å². The van der Waals surface area contributed by atoms with Gasteiger partial charge in [0.1, 0.15) is 5.75 Å². The molecule has 1 N–H and O–H groups in total. The number of hydrogen-bond acceptors (Lipinski definition) is 4. The molecular weight excluding hydrogens is 475 g/mol. The van der Waals surface area contributed by atoms with Crippen molar-refractivity contribution in [2.24, 2.45) is 0 Å². The number of nitrogens with zero attached hydrogens (tertiary/aromatic N) is 2. The number of aromatic amines is 1. The van der Waals surface area contributed by atoms with Crippen LogP contribution in [0.25, 0.3) is 28.0 Å². The van der Waals surface area contributed by atoms with Crippen LogP contribution in [0, 0.1) is 4.77 Å². The van der Waals surface area contributed by atoms with E-state index < -0.39 is 22.7 Å². The van der Waals surface area contributed by atoms with Crippen molar-refractivity contribution in [2.45, 2.75) is 39.3 Å². The maximum absolute atomic E-state index is 14.2. The fourth-order valence-corrected chi connectivity index (χ4v) is 4.16. The third-order valence-electron chi connectivity index (χ3n) is 5.62. The molecule has 0 bridgehead atoms. The first kappa shape index (κ1) is 24.7. The molecule has 9 heteroatoms. The van der Waals surface area contributed by atoms with Crippen molar-refractivity contribution >= 4 is 23.3 Å². The Morgan fingerprint density at radius 2 is 1.71 bits per heavy atom. The molecule has 5 nitrogen and oxygen atoms in total. The van der Waals surface area contributed by atoms with Crippen LogP contribution in [0.15, 0.2) is 59.4 Å². The Kier molecular flexibility index (Phi) is 6.31. The normalized spacial score (nSPS) is 12.2. The van der Waals surface area contributed by atoms with Crippen molar-refractivity contribution in [1.82, 2.24) is 14.5 Å². The van der Waals surface area contributed by atoms with E-state index in [1.807, 2.05) is 32.9 Å². The summed E-state index contributed by atoms with van der Waals surface area (Å²) >= 11 is 5.38. The molecule has 0 atom stereocenters. The van der Waals surface area contributed by atoms with Crippen LogP contribution in [-0.4, -0.2) is 21.1 Å². The van der Waals surface area contributed by atoms with Crippen molar-refractivity contribution in [3.05, 3.63) is 80.8 Å². The molecule has 182 valence electrons. The first-order chi connectivity index (χ1) is 16.4. The zero-order valence-corrected chi connectivity index (χ0v) is 20.5. The van der Waals surface area contributed by atoms with Crippen LogP contribution < -0.4 is 10.3 Å². The summed E-state index contributed by atoms with van der Waals surface area (Å²) in [6.45, 7) is 8.27. The Morgan fingerprint density at radius 3 is 2.31 bits per heavy atom. The van der Waals surface area contributed by atoms with Crippen LogP contribution in [0.2, 0.25) is 0 Å². The van der Waals surface area contributed by atoms with Gasteiger partial charge in [0.05, 0.1) is 28.9 Å². The molecule has 0 amide bonds. The minimum absolute atomic E-state index is 0.0768. The Hall–Kier alpha value is -3.46. The maximum Gasteiger partial charge on any atom is 0.417 e. The van der Waals surface area contributed by atoms with Crippen molar-refractivity contribution in [2.75, 3.05) is 6.61 Å². The number of aromatic nitrogens is 3. The molecule has 0 spiro atoms. The molecule has 4 rings (SSSR count). The van der Waals surface area contributed by atoms with Gasteiger partial charge in [0, 0.05) is 5.56 Å². The number of alkyl halides is 3. The number of fused-ring (bicyclic) bond motifs is 1. The minimum atomic E-state index is -4.80. The van der Waals surface area contributed by atoms with Crippen molar-refractivity contribution < 1.29 is 17.9 Å². The van der Waals surface area contributed by atoms with Crippen LogP contribution >= 0.6 is 12.2 Å². The van der Waals surface area contributed by atoms with Gasteiger partial charge in [0.25, 0.3) is 5.56 Å². The van der Waals surface area contributed by atoms with Gasteiger partial charge in [0.2, 0.25) is 0 Å². The molecule has 0 fully saturated rings. The second kappa shape index (κ2) is 8.96. The number of halogens is 3. The van der Waals surface area contributed by atoms with E-state index in [0.29, 0.717) is 23.6 Å². The number of ether oxygens (including phenoxy) is 1. The third kappa shape index (κ3) is 4.73. The van der Waals surface area contributed by atoms with Gasteiger partial charge >= 0.3 is 6.18 Å². The van der Waals surface area contributed by atoms with Crippen LogP contribution in [0.5, 0.6) is 5.75 Å². The molecule has 0 saturated carbocycles. The Balaban J connectivity index is 2.10. The summed E-state index contributed by atoms with van der Waals surface area (Å²) in [4.78, 5) is 19.7. The molecule has 0 aliphatic heterocycles. The van der Waals surface area contributed by atoms with E-state index in [-0.39, 0.29) is 21.5 Å². The minimum Gasteiger partial charge on any atom is -0.492 e. The van der Waals surface area contributed by atoms with Crippen LogP contribution in [0.4, 0.5) is 13.2 Å². The third-order valence-corrected chi connectivity index (χ3v) is 5.91. The van der Waals surface area contributed by atoms with Crippen LogP contribution in [-0.2, 0) is 11.6 Å². The standard InChI is InChI=1S/C26H24F3N3O2S/c1-5-34-20-9-7-6-8-19(20)32-22-21(23(33)31-24(32)35)17(26(27,28)29)14-18(30-22)15-10-12-16(13-11-15)25(2,3)4/h6-14H,5H2,1-4H3,(H,31,33,35). The summed E-state index contributed by atoms with van der Waals surface area (Å²) in [5.41, 5.74) is -0.390. The summed E-state index contributed by atoms with van der Waals surface area (Å²) in [5, 5.41) is -0.590. The highest BCUT2D eigenvalue weighted by atomic mass is 32.1. The van der Waals surface area contributed by atoms with Gasteiger partial charge in [-0.3, -0.25) is 14.3 Å². The SMILES string of the molecule is CCOc1ccccc1-n1c(=S)[nH]c(=O)c2c(C(F)(F)F)cc(-c3ccc(C(C)(C)C)cc3)nc21. The van der Waals surface area contributed by atoms with Gasteiger partial charge in [-0.05, 0) is 48.3 Å². The zero-order chi connectivity index (χ0) is 25.5. The maximum atomic E-state index is 14.2. The average Bonchev–Trinajstić information content (AvgIpc) is 2.78. The molecule has 2 heterocycles. The van der Waals surface area contributed by atoms with Crippen molar-refractivity contribution in [1.29, 1.82) is 0 Å². The number of pyridine rings is 1. The molecule has 35 heavy (non-hydrogen) atoms. The first-order valence-electron chi connectivity index (χ1n) is 11.0. The Morgan fingerprint density at radius 1 is 1.06 bits per heavy atom. The lowest BCUT2D eigenvalue weighted by Gasteiger charge is -2.20. The van der Waals surface area contributed by atoms with E-state index in [0.717, 1.165) is 11.6 Å². The lowest BCUT2D eigenvalue weighted by Crippen LogP contribution is -2.20. The molecule has 2 aromatic heterocycles.